The first-order valence-electron chi connectivity index (χ1n) is 13.5. The number of carboxylic acids is 1. The quantitative estimate of drug-likeness (QED) is 0.137. The first kappa shape index (κ1) is 31.4. The zero-order chi connectivity index (χ0) is 30.9. The van der Waals surface area contributed by atoms with Crippen LogP contribution in [-0.4, -0.2) is 50.1 Å². The highest BCUT2D eigenvalue weighted by atomic mass is 32.2. The summed E-state index contributed by atoms with van der Waals surface area (Å²) in [7, 11) is -9.18. The molecule has 3 aliphatic rings. The van der Waals surface area contributed by atoms with Crippen molar-refractivity contribution in [3.63, 3.8) is 0 Å². The molecule has 11 nitrogen and oxygen atoms in total. The van der Waals surface area contributed by atoms with Gasteiger partial charge in [-0.25, -0.2) is 4.58 Å². The molecule has 13 heteroatoms. The van der Waals surface area contributed by atoms with Crippen LogP contribution in [0.2, 0.25) is 0 Å². The van der Waals surface area contributed by atoms with Crippen LogP contribution in [0.4, 0.5) is 5.69 Å². The third kappa shape index (κ3) is 7.09. The Morgan fingerprint density at radius 3 is 2.26 bits per heavy atom. The number of anilines is 1. The molecular weight excluding hydrogens is 584 g/mol. The van der Waals surface area contributed by atoms with E-state index in [4.69, 9.17) is 9.52 Å². The fraction of sp³-hybridized carbons (Fsp3) is 0.379. The average Bonchev–Trinajstić information content (AvgIpc) is 2.88. The maximum absolute atomic E-state index is 12.8. The van der Waals surface area contributed by atoms with Gasteiger partial charge < -0.3 is 14.8 Å². The highest BCUT2D eigenvalue weighted by molar-refractivity contribution is 7.95. The third-order valence-electron chi connectivity index (χ3n) is 7.35. The first-order valence-corrected chi connectivity index (χ1v) is 16.4. The lowest BCUT2D eigenvalue weighted by molar-refractivity contribution is -0.137. The van der Waals surface area contributed by atoms with Gasteiger partial charge in [-0.3, -0.25) is 13.9 Å². The largest absolute Gasteiger partial charge is 0.481 e. The van der Waals surface area contributed by atoms with E-state index in [1.165, 1.54) is 24.3 Å². The lowest BCUT2D eigenvalue weighted by Gasteiger charge is -2.34. The molecule has 0 aromatic heterocycles. The number of carbonyl (C=O) groups is 1. The molecule has 0 amide bonds. The molecule has 0 fully saturated rings. The number of hydrogen-bond donors (Lipinski definition) is 4. The fourth-order valence-corrected chi connectivity index (χ4v) is 6.52. The van der Waals surface area contributed by atoms with Crippen LogP contribution in [0.5, 0.6) is 0 Å². The summed E-state index contributed by atoms with van der Waals surface area (Å²) in [6.45, 7) is 7.26. The van der Waals surface area contributed by atoms with E-state index in [0.29, 0.717) is 36.5 Å². The van der Waals surface area contributed by atoms with Crippen LogP contribution >= 0.6 is 0 Å². The highest BCUT2D eigenvalue weighted by Crippen LogP contribution is 2.46. The van der Waals surface area contributed by atoms with Crippen LogP contribution < -0.4 is 15.2 Å². The standard InChI is InChI=1S/C29H34N2O9S2/c1-4-31(15-7-5-6-8-26(32)33)21-12-9-19-16-23-27(40-25(19)17-21)28(42(37,38)39)24(18-29(23,2)3)30-20-10-13-22(14-11-20)41(34,35)36/h9-14,16-17H,4-8,15,18H2,1-3H3,(H3,32,33,34,35,36,37,38,39)/p+1. The second-order valence-electron chi connectivity index (χ2n) is 11.0. The van der Waals surface area contributed by atoms with E-state index >= 15 is 0 Å². The number of allylic oxidation sites excluding steroid dienone is 1. The number of hydrogen-bond acceptors (Lipinski definition) is 7. The van der Waals surface area contributed by atoms with Crippen molar-refractivity contribution in [1.82, 2.24) is 4.58 Å². The van der Waals surface area contributed by atoms with Gasteiger partial charge in [-0.1, -0.05) is 13.8 Å². The lowest BCUT2D eigenvalue weighted by Crippen LogP contribution is -2.31. The molecule has 1 heterocycles. The van der Waals surface area contributed by atoms with Crippen LogP contribution in [0.1, 0.15) is 64.2 Å². The maximum atomic E-state index is 12.8. The highest BCUT2D eigenvalue weighted by Gasteiger charge is 2.40. The van der Waals surface area contributed by atoms with E-state index in [1.54, 1.807) is 0 Å². The van der Waals surface area contributed by atoms with Crippen molar-refractivity contribution in [2.24, 2.45) is 0 Å². The summed E-state index contributed by atoms with van der Waals surface area (Å²) in [6, 6.07) is 12.7. The van der Waals surface area contributed by atoms with Crippen LogP contribution in [0.3, 0.4) is 0 Å². The van der Waals surface area contributed by atoms with E-state index in [2.05, 4.69) is 9.89 Å². The Kier molecular flexibility index (Phi) is 8.97. The summed E-state index contributed by atoms with van der Waals surface area (Å²) in [4.78, 5) is 10.0. The minimum atomic E-state index is -4.78. The van der Waals surface area contributed by atoms with Crippen LogP contribution in [0.15, 0.2) is 63.5 Å². The number of nitrogens with zero attached hydrogens (tertiary/aromatic N) is 1. The Balaban J connectivity index is 1.80. The summed E-state index contributed by atoms with van der Waals surface area (Å²) in [5.41, 5.74) is 1.28. The number of unbranched alkanes of at least 4 members (excludes halogenated alkanes) is 2. The van der Waals surface area contributed by atoms with Gasteiger partial charge >= 0.3 is 5.97 Å². The van der Waals surface area contributed by atoms with Gasteiger partial charge in [-0.15, -0.1) is 0 Å². The van der Waals surface area contributed by atoms with Crippen molar-refractivity contribution in [2.75, 3.05) is 18.4 Å². The lowest BCUT2D eigenvalue weighted by atomic mass is 9.76. The van der Waals surface area contributed by atoms with Crippen molar-refractivity contribution in [1.29, 1.82) is 0 Å². The van der Waals surface area contributed by atoms with E-state index in [-0.39, 0.29) is 29.2 Å². The zero-order valence-corrected chi connectivity index (χ0v) is 25.3. The van der Waals surface area contributed by atoms with Crippen LogP contribution in [-0.2, 0) is 30.4 Å². The number of fused-ring (bicyclic) bond motifs is 2. The molecule has 1 aliphatic heterocycles. The minimum Gasteiger partial charge on any atom is -0.481 e. The molecule has 0 bridgehead atoms. The van der Waals surface area contributed by atoms with Crippen molar-refractivity contribution in [2.45, 2.75) is 63.2 Å². The molecule has 2 aliphatic carbocycles. The first-order chi connectivity index (χ1) is 19.6. The van der Waals surface area contributed by atoms with Crippen molar-refractivity contribution >= 4 is 36.8 Å². The Hall–Kier alpha value is -3.52. The Labute approximate surface area is 245 Å². The summed E-state index contributed by atoms with van der Waals surface area (Å²) < 4.78 is 76.3. The summed E-state index contributed by atoms with van der Waals surface area (Å²) in [6.07, 6.45) is 2.52. The number of carboxylic acid groups (broad SMARTS) is 1. The zero-order valence-electron chi connectivity index (χ0n) is 23.6. The van der Waals surface area contributed by atoms with Gasteiger partial charge in [0.15, 0.2) is 10.7 Å². The van der Waals surface area contributed by atoms with Crippen LogP contribution in [0.25, 0.3) is 16.2 Å². The molecule has 0 radical (unpaired) electrons. The maximum Gasteiger partial charge on any atom is 0.303 e. The number of aliphatic carboxylic acids is 1. The summed E-state index contributed by atoms with van der Waals surface area (Å²) in [5, 5.41) is 12.7. The smallest absolute Gasteiger partial charge is 0.303 e. The molecule has 0 atom stereocenters. The molecule has 0 unspecified atom stereocenters. The van der Waals surface area contributed by atoms with Crippen molar-refractivity contribution < 1.29 is 40.3 Å². The second-order valence-corrected chi connectivity index (χ2v) is 13.7. The van der Waals surface area contributed by atoms with E-state index in [0.717, 1.165) is 23.8 Å². The molecule has 0 spiro atoms. The van der Waals surface area contributed by atoms with Gasteiger partial charge in [0.2, 0.25) is 5.36 Å². The summed E-state index contributed by atoms with van der Waals surface area (Å²) >= 11 is 0. The Morgan fingerprint density at radius 2 is 1.67 bits per heavy atom. The molecule has 0 saturated carbocycles. The third-order valence-corrected chi connectivity index (χ3v) is 9.17. The van der Waals surface area contributed by atoms with Gasteiger partial charge in [0.1, 0.15) is 18.8 Å². The van der Waals surface area contributed by atoms with Gasteiger partial charge in [0, 0.05) is 41.4 Å². The summed E-state index contributed by atoms with van der Waals surface area (Å²) in [5.74, 6) is -0.379. The monoisotopic (exact) mass is 619 g/mol. The van der Waals surface area contributed by atoms with Crippen molar-refractivity contribution in [3.8, 4) is 11.3 Å². The number of nitrogens with one attached hydrogen (secondary N) is 1. The van der Waals surface area contributed by atoms with E-state index < -0.39 is 36.5 Å². The number of rotatable bonds is 11. The van der Waals surface area contributed by atoms with Crippen molar-refractivity contribution in [3.05, 3.63) is 70.9 Å². The Morgan fingerprint density at radius 1 is 0.976 bits per heavy atom. The normalized spacial score (nSPS) is 15.8. The molecule has 1 aromatic rings. The molecule has 42 heavy (non-hydrogen) atoms. The predicted octanol–water partition coefficient (Wildman–Crippen LogP) is 4.42. The molecule has 0 saturated heterocycles. The second kappa shape index (κ2) is 12.0. The van der Waals surface area contributed by atoms with Gasteiger partial charge in [0.25, 0.3) is 20.2 Å². The van der Waals surface area contributed by atoms with Crippen LogP contribution in [0, 0.1) is 0 Å². The molecular formula is C29H35N2O9S2+. The SMILES string of the molecule is CC[N+](CCCCCC(=O)O)=c1ccc2cc3c(oc-2c1)C(S(=O)(=O)O)=C(Nc1ccc(S(=O)(=O)O)cc1)CC3(C)C. The molecule has 1 aromatic carbocycles. The predicted molar refractivity (Wildman–Crippen MR) is 158 cm³/mol. The van der Waals surface area contributed by atoms with E-state index in [9.17, 15) is 30.7 Å². The van der Waals surface area contributed by atoms with Gasteiger partial charge in [-0.05, 0) is 68.0 Å². The Bertz CT molecular complexity index is 1790. The molecule has 4 N–H and O–H groups in total. The average molecular weight is 620 g/mol. The number of benzene rings is 2. The minimum absolute atomic E-state index is 0.00664. The molecule has 226 valence electrons. The fourth-order valence-electron chi connectivity index (χ4n) is 5.22. The van der Waals surface area contributed by atoms with Gasteiger partial charge in [-0.2, -0.15) is 16.8 Å². The van der Waals surface area contributed by atoms with E-state index in [1.807, 2.05) is 45.0 Å². The molecule has 4 rings (SSSR count). The van der Waals surface area contributed by atoms with Gasteiger partial charge in [0.05, 0.1) is 11.0 Å². The topological polar surface area (TPSA) is 174 Å².